The molecule has 1 aliphatic heterocycles. The van der Waals surface area contributed by atoms with Gasteiger partial charge in [0, 0.05) is 32.0 Å². The Morgan fingerprint density at radius 3 is 2.20 bits per heavy atom. The van der Waals surface area contributed by atoms with Gasteiger partial charge in [-0.15, -0.1) is 0 Å². The molecule has 12 nitrogen and oxygen atoms in total. The Morgan fingerprint density at radius 1 is 0.951 bits per heavy atom. The quantitative estimate of drug-likeness (QED) is 0.168. The van der Waals surface area contributed by atoms with Gasteiger partial charge in [0.15, 0.2) is 0 Å². The number of aliphatic hydroxyl groups is 1. The van der Waals surface area contributed by atoms with E-state index in [-0.39, 0.29) is 50.0 Å². The number of hydrogen-bond donors (Lipinski definition) is 9. The van der Waals surface area contributed by atoms with E-state index in [4.69, 9.17) is 22.3 Å². The van der Waals surface area contributed by atoms with Gasteiger partial charge in [0.05, 0.1) is 6.04 Å². The van der Waals surface area contributed by atoms with Gasteiger partial charge in [0.2, 0.25) is 17.7 Å². The largest absolute Gasteiger partial charge is 0.508 e. The molecule has 1 aliphatic rings. The molecule has 0 aromatic heterocycles. The number of carbonyl (C=O) groups excluding carboxylic acids is 3. The number of hydrogen-bond acceptors (Lipinski definition) is 9. The number of benzene rings is 2. The summed E-state index contributed by atoms with van der Waals surface area (Å²) in [4.78, 5) is 39.7. The Hall–Kier alpha value is -3.71. The van der Waals surface area contributed by atoms with Gasteiger partial charge in [-0.3, -0.25) is 14.4 Å². The number of rotatable bonds is 10. The minimum absolute atomic E-state index is 0.0115. The molecule has 0 spiro atoms. The lowest BCUT2D eigenvalue weighted by atomic mass is 9.95. The predicted molar refractivity (Wildman–Crippen MR) is 155 cm³/mol. The van der Waals surface area contributed by atoms with Gasteiger partial charge in [-0.1, -0.05) is 12.1 Å². The maximum absolute atomic E-state index is 13.4. The van der Waals surface area contributed by atoms with E-state index in [0.717, 1.165) is 0 Å². The second kappa shape index (κ2) is 15.3. The maximum Gasteiger partial charge on any atom is 0.243 e. The van der Waals surface area contributed by atoms with Crippen molar-refractivity contribution in [2.75, 3.05) is 19.7 Å². The second-order valence-electron chi connectivity index (χ2n) is 10.5. The zero-order chi connectivity index (χ0) is 29.9. The smallest absolute Gasteiger partial charge is 0.243 e. The lowest BCUT2D eigenvalue weighted by molar-refractivity contribution is -0.132. The molecule has 224 valence electrons. The lowest BCUT2D eigenvalue weighted by Gasteiger charge is -2.24. The number of phenols is 2. The van der Waals surface area contributed by atoms with Gasteiger partial charge < -0.3 is 48.5 Å². The molecule has 3 amide bonds. The minimum atomic E-state index is -1.07. The molecule has 0 saturated heterocycles. The fraction of sp³-hybridized carbons (Fsp3) is 0.483. The van der Waals surface area contributed by atoms with Crippen molar-refractivity contribution in [3.63, 3.8) is 0 Å². The summed E-state index contributed by atoms with van der Waals surface area (Å²) in [6.45, 7) is 0.576. The van der Waals surface area contributed by atoms with Gasteiger partial charge in [-0.25, -0.2) is 0 Å². The number of carbonyl (C=O) groups is 3. The molecule has 2 aromatic rings. The topological polar surface area (TPSA) is 226 Å². The van der Waals surface area contributed by atoms with Crippen molar-refractivity contribution in [3.05, 3.63) is 47.5 Å². The minimum Gasteiger partial charge on any atom is -0.508 e. The van der Waals surface area contributed by atoms with E-state index in [1.807, 2.05) is 0 Å². The number of aromatic hydroxyl groups is 2. The predicted octanol–water partition coefficient (Wildman–Crippen LogP) is -0.495. The van der Waals surface area contributed by atoms with Crippen LogP contribution in [0.1, 0.15) is 43.2 Å². The molecule has 2 aromatic carbocycles. The molecule has 12 heteroatoms. The fourth-order valence-electron chi connectivity index (χ4n) is 4.77. The molecule has 0 saturated carbocycles. The molecule has 3 rings (SSSR count). The van der Waals surface area contributed by atoms with Crippen molar-refractivity contribution in [2.45, 2.75) is 69.1 Å². The van der Waals surface area contributed by atoms with E-state index in [1.165, 1.54) is 12.1 Å². The lowest BCUT2D eigenvalue weighted by Crippen LogP contribution is -2.56. The van der Waals surface area contributed by atoms with Crippen LogP contribution in [0.4, 0.5) is 0 Å². The molecule has 4 bridgehead atoms. The highest BCUT2D eigenvalue weighted by Gasteiger charge is 2.29. The van der Waals surface area contributed by atoms with Crippen molar-refractivity contribution in [1.29, 1.82) is 0 Å². The maximum atomic E-state index is 13.4. The van der Waals surface area contributed by atoms with Crippen molar-refractivity contribution in [1.82, 2.24) is 16.0 Å². The van der Waals surface area contributed by atoms with Crippen LogP contribution in [0, 0.1) is 0 Å². The third-order valence-corrected chi connectivity index (χ3v) is 7.21. The Bertz CT molecular complexity index is 1210. The Labute approximate surface area is 239 Å². The van der Waals surface area contributed by atoms with Crippen molar-refractivity contribution < 1.29 is 29.7 Å². The summed E-state index contributed by atoms with van der Waals surface area (Å²) in [5.41, 5.74) is 20.1. The van der Waals surface area contributed by atoms with Crippen LogP contribution in [0.15, 0.2) is 36.4 Å². The highest BCUT2D eigenvalue weighted by molar-refractivity contribution is 5.93. The molecule has 1 heterocycles. The van der Waals surface area contributed by atoms with Crippen LogP contribution in [-0.4, -0.2) is 76.9 Å². The van der Waals surface area contributed by atoms with Crippen molar-refractivity contribution in [3.8, 4) is 22.6 Å². The molecule has 0 fully saturated rings. The van der Waals surface area contributed by atoms with Crippen LogP contribution in [0.5, 0.6) is 11.5 Å². The molecule has 12 N–H and O–H groups in total. The third-order valence-electron chi connectivity index (χ3n) is 7.21. The summed E-state index contributed by atoms with van der Waals surface area (Å²) in [5.74, 6) is -1.70. The van der Waals surface area contributed by atoms with Crippen LogP contribution < -0.4 is 33.2 Å². The Morgan fingerprint density at radius 2 is 1.59 bits per heavy atom. The Balaban J connectivity index is 1.95. The first-order valence-electron chi connectivity index (χ1n) is 14.0. The second-order valence-corrected chi connectivity index (χ2v) is 10.5. The average Bonchev–Trinajstić information content (AvgIpc) is 2.94. The van der Waals surface area contributed by atoms with E-state index >= 15 is 0 Å². The fourth-order valence-corrected chi connectivity index (χ4v) is 4.77. The zero-order valence-electron chi connectivity index (χ0n) is 23.1. The summed E-state index contributed by atoms with van der Waals surface area (Å²) in [7, 11) is 0. The van der Waals surface area contributed by atoms with Gasteiger partial charge in [0.1, 0.15) is 23.6 Å². The number of amides is 3. The molecule has 0 radical (unpaired) electrons. The van der Waals surface area contributed by atoms with Gasteiger partial charge in [-0.05, 0) is 85.2 Å². The molecule has 41 heavy (non-hydrogen) atoms. The number of fused-ring (bicyclic) bond motifs is 5. The van der Waals surface area contributed by atoms with Crippen LogP contribution in [0.25, 0.3) is 11.1 Å². The summed E-state index contributed by atoms with van der Waals surface area (Å²) in [6.07, 6.45) is 2.29. The third kappa shape index (κ3) is 9.15. The van der Waals surface area contributed by atoms with Crippen LogP contribution in [0.2, 0.25) is 0 Å². The van der Waals surface area contributed by atoms with E-state index < -0.39 is 35.8 Å². The first kappa shape index (κ1) is 31.8. The van der Waals surface area contributed by atoms with Crippen molar-refractivity contribution >= 4 is 17.7 Å². The summed E-state index contributed by atoms with van der Waals surface area (Å²) in [5, 5.41) is 38.4. The normalized spacial score (nSPS) is 20.2. The highest BCUT2D eigenvalue weighted by Crippen LogP contribution is 2.30. The van der Waals surface area contributed by atoms with E-state index in [2.05, 4.69) is 16.0 Å². The molecule has 0 unspecified atom stereocenters. The number of nitrogens with one attached hydrogen (secondary N) is 3. The first-order valence-corrected chi connectivity index (χ1v) is 14.0. The number of nitrogens with two attached hydrogens (primary N) is 3. The Kier molecular flexibility index (Phi) is 11.9. The molecule has 0 aliphatic carbocycles. The highest BCUT2D eigenvalue weighted by atomic mass is 16.3. The van der Waals surface area contributed by atoms with Gasteiger partial charge in [-0.2, -0.15) is 0 Å². The van der Waals surface area contributed by atoms with Gasteiger partial charge >= 0.3 is 0 Å². The molecule has 4 atom stereocenters. The van der Waals surface area contributed by atoms with E-state index in [0.29, 0.717) is 54.5 Å². The van der Waals surface area contributed by atoms with Crippen LogP contribution in [0.3, 0.4) is 0 Å². The zero-order valence-corrected chi connectivity index (χ0v) is 23.1. The molecular weight excluding hydrogens is 528 g/mol. The summed E-state index contributed by atoms with van der Waals surface area (Å²) < 4.78 is 0. The average molecular weight is 571 g/mol. The summed E-state index contributed by atoms with van der Waals surface area (Å²) in [6, 6.07) is 6.55. The summed E-state index contributed by atoms with van der Waals surface area (Å²) >= 11 is 0. The van der Waals surface area contributed by atoms with Gasteiger partial charge in [0.25, 0.3) is 0 Å². The van der Waals surface area contributed by atoms with Crippen molar-refractivity contribution in [2.24, 2.45) is 17.2 Å². The first-order chi connectivity index (χ1) is 19.6. The van der Waals surface area contributed by atoms with E-state index in [9.17, 15) is 24.6 Å². The standard InChI is InChI=1S/C29H42N6O6/c30-10-1-4-23-29(41)35-24(28(40)33-11-2-3-21(31)9-12-36)16-20-14-18(6-8-26(20)38)17-5-7-25(37)19(13-17)15-22(32)27(39)34-23/h5-8,13-14,21-24,36-38H,1-4,9-12,15-16,30-32H2,(H,33,40)(H,34,39)(H,35,41)/t21-,22-,23-,24-/m0/s1. The number of aliphatic hydroxyl groups excluding tert-OH is 1. The number of phenolic OH excluding ortho intramolecular Hbond substituents is 2. The van der Waals surface area contributed by atoms with Crippen LogP contribution in [-0.2, 0) is 27.2 Å². The van der Waals surface area contributed by atoms with E-state index in [1.54, 1.807) is 24.3 Å². The van der Waals surface area contributed by atoms with Crippen LogP contribution >= 0.6 is 0 Å². The SMILES string of the molecule is NCCC[C@@H]1NC(=O)[C@@H](N)Cc2cc(ccc2O)-c2ccc(O)c(c2)C[C@@H](C(=O)NCCC[C@H](N)CCO)NC1=O. The monoisotopic (exact) mass is 570 g/mol. The molecular formula is C29H42N6O6.